The maximum Gasteiger partial charge on any atom is 0.235 e. The highest BCUT2D eigenvalue weighted by Gasteiger charge is 2.43. The van der Waals surface area contributed by atoms with Crippen molar-refractivity contribution in [1.82, 2.24) is 9.97 Å². The van der Waals surface area contributed by atoms with Crippen molar-refractivity contribution in [1.29, 1.82) is 0 Å². The quantitative estimate of drug-likeness (QED) is 0.909. The standard InChI is InChI=1S/C16H17ClN4O/c1-3-16(4-2)10-7-9(5-6-12(10)20-14(16)22)13-11(17)8-19-15(18)21-13/h5-8H,3-4H2,1-2H3,(H,20,22)(H2,18,19,21). The number of hydrogen-bond acceptors (Lipinski definition) is 4. The van der Waals surface area contributed by atoms with Crippen LogP contribution in [0.3, 0.4) is 0 Å². The third-order valence-corrected chi connectivity index (χ3v) is 4.74. The Hall–Kier alpha value is -2.14. The second-order valence-corrected chi connectivity index (χ2v) is 5.84. The predicted octanol–water partition coefficient (Wildman–Crippen LogP) is 3.39. The van der Waals surface area contributed by atoms with Crippen LogP contribution in [0.2, 0.25) is 5.02 Å². The van der Waals surface area contributed by atoms with Crippen LogP contribution in [0.15, 0.2) is 24.4 Å². The molecule has 1 aromatic heterocycles. The number of carbonyl (C=O) groups excluding carboxylic acids is 1. The van der Waals surface area contributed by atoms with Crippen molar-refractivity contribution in [3.8, 4) is 11.3 Å². The average Bonchev–Trinajstić information content (AvgIpc) is 2.80. The molecule has 0 radical (unpaired) electrons. The molecule has 0 fully saturated rings. The summed E-state index contributed by atoms with van der Waals surface area (Å²) in [4.78, 5) is 20.5. The minimum absolute atomic E-state index is 0.0537. The summed E-state index contributed by atoms with van der Waals surface area (Å²) in [5.41, 5.74) is 8.43. The summed E-state index contributed by atoms with van der Waals surface area (Å²) >= 11 is 6.19. The third kappa shape index (κ3) is 2.04. The van der Waals surface area contributed by atoms with Crippen molar-refractivity contribution in [2.24, 2.45) is 0 Å². The molecular weight excluding hydrogens is 300 g/mol. The number of rotatable bonds is 3. The first-order chi connectivity index (χ1) is 10.5. The van der Waals surface area contributed by atoms with E-state index >= 15 is 0 Å². The molecule has 114 valence electrons. The monoisotopic (exact) mass is 316 g/mol. The number of nitrogens with one attached hydrogen (secondary N) is 1. The molecule has 1 aliphatic heterocycles. The Kier molecular flexibility index (Phi) is 3.53. The van der Waals surface area contributed by atoms with Crippen LogP contribution in [0.1, 0.15) is 32.3 Å². The lowest BCUT2D eigenvalue weighted by atomic mass is 9.76. The summed E-state index contributed by atoms with van der Waals surface area (Å²) in [6, 6.07) is 5.76. The van der Waals surface area contributed by atoms with Crippen molar-refractivity contribution < 1.29 is 4.79 Å². The average molecular weight is 317 g/mol. The van der Waals surface area contributed by atoms with Crippen LogP contribution in [-0.4, -0.2) is 15.9 Å². The molecule has 2 heterocycles. The number of nitrogens with zero attached hydrogens (tertiary/aromatic N) is 2. The van der Waals surface area contributed by atoms with Crippen molar-refractivity contribution in [2.45, 2.75) is 32.1 Å². The zero-order valence-electron chi connectivity index (χ0n) is 12.5. The van der Waals surface area contributed by atoms with Gasteiger partial charge in [0.05, 0.1) is 22.3 Å². The van der Waals surface area contributed by atoms with E-state index in [1.807, 2.05) is 32.0 Å². The molecule has 5 nitrogen and oxygen atoms in total. The Balaban J connectivity index is 2.18. The van der Waals surface area contributed by atoms with Crippen LogP contribution in [0.5, 0.6) is 0 Å². The van der Waals surface area contributed by atoms with Crippen molar-refractivity contribution in [3.05, 3.63) is 35.0 Å². The highest BCUT2D eigenvalue weighted by Crippen LogP contribution is 2.44. The molecule has 0 aliphatic carbocycles. The molecule has 1 aliphatic rings. The first kappa shape index (κ1) is 14.8. The zero-order valence-corrected chi connectivity index (χ0v) is 13.2. The van der Waals surface area contributed by atoms with E-state index in [0.717, 1.165) is 29.7 Å². The fourth-order valence-electron chi connectivity index (χ4n) is 3.10. The molecule has 0 spiro atoms. The van der Waals surface area contributed by atoms with Gasteiger partial charge < -0.3 is 11.1 Å². The smallest absolute Gasteiger partial charge is 0.235 e. The van der Waals surface area contributed by atoms with Crippen LogP contribution in [0.4, 0.5) is 11.6 Å². The third-order valence-electron chi connectivity index (χ3n) is 4.46. The zero-order chi connectivity index (χ0) is 15.9. The number of amides is 1. The Morgan fingerprint density at radius 2 is 2.05 bits per heavy atom. The maximum atomic E-state index is 12.4. The van der Waals surface area contributed by atoms with Crippen molar-refractivity contribution in [2.75, 3.05) is 11.1 Å². The van der Waals surface area contributed by atoms with Gasteiger partial charge in [-0.15, -0.1) is 0 Å². The number of nitrogen functional groups attached to an aromatic ring is 1. The number of aromatic nitrogens is 2. The van der Waals surface area contributed by atoms with Crippen LogP contribution in [-0.2, 0) is 10.2 Å². The van der Waals surface area contributed by atoms with Gasteiger partial charge in [-0.1, -0.05) is 31.5 Å². The van der Waals surface area contributed by atoms with Crippen LogP contribution in [0.25, 0.3) is 11.3 Å². The molecule has 1 aromatic carbocycles. The Morgan fingerprint density at radius 1 is 1.32 bits per heavy atom. The normalized spacial score (nSPS) is 15.5. The SMILES string of the molecule is CCC1(CC)C(=O)Nc2ccc(-c3nc(N)ncc3Cl)cc21. The van der Waals surface area contributed by atoms with E-state index < -0.39 is 5.41 Å². The topological polar surface area (TPSA) is 80.9 Å². The van der Waals surface area contributed by atoms with Gasteiger partial charge in [0.1, 0.15) is 0 Å². The van der Waals surface area contributed by atoms with Gasteiger partial charge in [-0.05, 0) is 30.5 Å². The van der Waals surface area contributed by atoms with E-state index in [0.29, 0.717) is 10.7 Å². The number of nitrogens with two attached hydrogens (primary N) is 1. The molecule has 0 saturated heterocycles. The lowest BCUT2D eigenvalue weighted by molar-refractivity contribution is -0.121. The van der Waals surface area contributed by atoms with E-state index in [-0.39, 0.29) is 11.9 Å². The molecule has 22 heavy (non-hydrogen) atoms. The molecule has 3 N–H and O–H groups in total. The molecule has 6 heteroatoms. The van der Waals surface area contributed by atoms with Crippen LogP contribution >= 0.6 is 11.6 Å². The summed E-state index contributed by atoms with van der Waals surface area (Å²) < 4.78 is 0. The van der Waals surface area contributed by atoms with Gasteiger partial charge in [0.25, 0.3) is 0 Å². The van der Waals surface area contributed by atoms with Gasteiger partial charge in [0, 0.05) is 11.3 Å². The largest absolute Gasteiger partial charge is 0.368 e. The molecule has 0 atom stereocenters. The molecule has 0 saturated carbocycles. The van der Waals surface area contributed by atoms with Gasteiger partial charge in [-0.2, -0.15) is 0 Å². The maximum absolute atomic E-state index is 12.4. The first-order valence-electron chi connectivity index (χ1n) is 7.26. The van der Waals surface area contributed by atoms with Gasteiger partial charge in [0.15, 0.2) is 0 Å². The Bertz CT molecular complexity index is 756. The number of halogens is 1. The number of fused-ring (bicyclic) bond motifs is 1. The van der Waals surface area contributed by atoms with E-state index in [9.17, 15) is 4.79 Å². The first-order valence-corrected chi connectivity index (χ1v) is 7.64. The van der Waals surface area contributed by atoms with E-state index in [2.05, 4.69) is 15.3 Å². The summed E-state index contributed by atoms with van der Waals surface area (Å²) in [6.45, 7) is 4.06. The molecule has 0 unspecified atom stereocenters. The lowest BCUT2D eigenvalue weighted by Crippen LogP contribution is -2.32. The summed E-state index contributed by atoms with van der Waals surface area (Å²) in [5, 5.41) is 3.40. The van der Waals surface area contributed by atoms with Gasteiger partial charge in [-0.25, -0.2) is 9.97 Å². The summed E-state index contributed by atoms with van der Waals surface area (Å²) in [5.74, 6) is 0.226. The van der Waals surface area contributed by atoms with Gasteiger partial charge in [-0.3, -0.25) is 4.79 Å². The Labute approximate surface area is 133 Å². The number of anilines is 2. The molecular formula is C16H17ClN4O. The lowest BCUT2D eigenvalue weighted by Gasteiger charge is -2.24. The van der Waals surface area contributed by atoms with Gasteiger partial charge in [0.2, 0.25) is 11.9 Å². The van der Waals surface area contributed by atoms with Crippen molar-refractivity contribution >= 4 is 29.1 Å². The number of hydrogen-bond donors (Lipinski definition) is 2. The highest BCUT2D eigenvalue weighted by molar-refractivity contribution is 6.32. The van der Waals surface area contributed by atoms with Crippen LogP contribution < -0.4 is 11.1 Å². The summed E-state index contributed by atoms with van der Waals surface area (Å²) in [6.07, 6.45) is 2.97. The molecule has 2 aromatic rings. The fourth-order valence-corrected chi connectivity index (χ4v) is 3.30. The van der Waals surface area contributed by atoms with E-state index in [1.165, 1.54) is 6.20 Å². The molecule has 3 rings (SSSR count). The number of benzene rings is 1. The van der Waals surface area contributed by atoms with E-state index in [4.69, 9.17) is 17.3 Å². The van der Waals surface area contributed by atoms with Gasteiger partial charge >= 0.3 is 0 Å². The Morgan fingerprint density at radius 3 is 2.73 bits per heavy atom. The minimum atomic E-state index is -0.490. The highest BCUT2D eigenvalue weighted by atomic mass is 35.5. The minimum Gasteiger partial charge on any atom is -0.368 e. The number of carbonyl (C=O) groups is 1. The predicted molar refractivity (Wildman–Crippen MR) is 87.8 cm³/mol. The second kappa shape index (κ2) is 5.25. The van der Waals surface area contributed by atoms with Crippen LogP contribution in [0, 0.1) is 0 Å². The summed E-state index contributed by atoms with van der Waals surface area (Å²) in [7, 11) is 0. The molecule has 0 bridgehead atoms. The van der Waals surface area contributed by atoms with E-state index in [1.54, 1.807) is 0 Å². The van der Waals surface area contributed by atoms with Crippen molar-refractivity contribution in [3.63, 3.8) is 0 Å². The molecule has 1 amide bonds. The second-order valence-electron chi connectivity index (χ2n) is 5.43. The fraction of sp³-hybridized carbons (Fsp3) is 0.312.